The Kier molecular flexibility index (Phi) is 7.69. The monoisotopic (exact) mass is 412 g/mol. The first-order valence-electron chi connectivity index (χ1n) is 9.62. The molecule has 1 aliphatic heterocycles. The van der Waals surface area contributed by atoms with Crippen molar-refractivity contribution in [2.75, 3.05) is 30.3 Å². The molecular weight excluding hydrogens is 388 g/mol. The van der Waals surface area contributed by atoms with Crippen LogP contribution in [0.15, 0.2) is 59.5 Å². The number of rotatable bonds is 9. The van der Waals surface area contributed by atoms with Gasteiger partial charge in [0, 0.05) is 18.0 Å². The molecule has 1 heterocycles. The molecule has 0 bridgehead atoms. The van der Waals surface area contributed by atoms with Crippen LogP contribution in [0.25, 0.3) is 0 Å². The van der Waals surface area contributed by atoms with Crippen molar-refractivity contribution in [3.05, 3.63) is 60.2 Å². The summed E-state index contributed by atoms with van der Waals surface area (Å²) in [6.07, 6.45) is 1.74. The summed E-state index contributed by atoms with van der Waals surface area (Å²) in [6.45, 7) is 0.473. The number of fused-ring (bicyclic) bond motifs is 1. The van der Waals surface area contributed by atoms with Crippen LogP contribution in [0.4, 0.5) is 5.69 Å². The van der Waals surface area contributed by atoms with Gasteiger partial charge in [0.2, 0.25) is 5.91 Å². The zero-order valence-electron chi connectivity index (χ0n) is 16.1. The van der Waals surface area contributed by atoms with Crippen molar-refractivity contribution < 1.29 is 19.1 Å². The second-order valence-corrected chi connectivity index (χ2v) is 7.67. The zero-order chi connectivity index (χ0) is 20.5. The first-order chi connectivity index (χ1) is 14.1. The number of hydrogen-bond acceptors (Lipinski definition) is 5. The number of esters is 1. The Hall–Kier alpha value is -2.80. The SMILES string of the molecule is O=C(COC(=O)CCN1C(=O)CSc2ccccc21)NCCCc1ccccc1. The third-order valence-corrected chi connectivity index (χ3v) is 5.57. The van der Waals surface area contributed by atoms with Crippen molar-refractivity contribution in [3.8, 4) is 0 Å². The van der Waals surface area contributed by atoms with Crippen LogP contribution in [0.1, 0.15) is 18.4 Å². The zero-order valence-corrected chi connectivity index (χ0v) is 17.0. The quantitative estimate of drug-likeness (QED) is 0.506. The van der Waals surface area contributed by atoms with Gasteiger partial charge in [-0.05, 0) is 30.5 Å². The number of anilines is 1. The van der Waals surface area contributed by atoms with Gasteiger partial charge in [-0.2, -0.15) is 0 Å². The number of carbonyl (C=O) groups excluding carboxylic acids is 3. The highest BCUT2D eigenvalue weighted by Crippen LogP contribution is 2.34. The molecule has 0 aromatic heterocycles. The normalized spacial score (nSPS) is 13.0. The smallest absolute Gasteiger partial charge is 0.308 e. The van der Waals surface area contributed by atoms with Crippen molar-refractivity contribution in [3.63, 3.8) is 0 Å². The van der Waals surface area contributed by atoms with E-state index in [2.05, 4.69) is 5.32 Å². The van der Waals surface area contributed by atoms with Gasteiger partial charge in [0.1, 0.15) is 0 Å². The number of para-hydroxylation sites is 1. The molecule has 2 amide bonds. The van der Waals surface area contributed by atoms with Crippen LogP contribution in [0.3, 0.4) is 0 Å². The Labute approximate surface area is 174 Å². The van der Waals surface area contributed by atoms with Crippen LogP contribution in [-0.4, -0.2) is 43.2 Å². The summed E-state index contributed by atoms with van der Waals surface area (Å²) in [6, 6.07) is 17.7. The molecule has 0 radical (unpaired) electrons. The van der Waals surface area contributed by atoms with E-state index < -0.39 is 5.97 Å². The maximum atomic E-state index is 12.2. The minimum Gasteiger partial charge on any atom is -0.456 e. The van der Waals surface area contributed by atoms with E-state index in [4.69, 9.17) is 4.74 Å². The molecule has 1 aliphatic rings. The molecule has 0 saturated heterocycles. The van der Waals surface area contributed by atoms with Crippen LogP contribution in [0, 0.1) is 0 Å². The molecule has 0 aliphatic carbocycles. The standard InChI is InChI=1S/C22H24N2O4S/c25-20(23-13-6-9-17-7-2-1-3-8-17)15-28-22(27)12-14-24-18-10-4-5-11-19(18)29-16-21(24)26/h1-5,7-8,10-11H,6,9,12-16H2,(H,23,25). The first kappa shape index (κ1) is 20.9. The first-order valence-corrected chi connectivity index (χ1v) is 10.6. The summed E-state index contributed by atoms with van der Waals surface area (Å²) < 4.78 is 5.04. The van der Waals surface area contributed by atoms with Gasteiger partial charge in [-0.15, -0.1) is 11.8 Å². The van der Waals surface area contributed by atoms with Crippen molar-refractivity contribution in [1.29, 1.82) is 0 Å². The third kappa shape index (κ3) is 6.35. The molecule has 152 valence electrons. The van der Waals surface area contributed by atoms with Crippen molar-refractivity contribution in [2.24, 2.45) is 0 Å². The molecule has 7 heteroatoms. The lowest BCUT2D eigenvalue weighted by Gasteiger charge is -2.28. The van der Waals surface area contributed by atoms with E-state index in [1.54, 1.807) is 4.90 Å². The Bertz CT molecular complexity index is 857. The average molecular weight is 413 g/mol. The number of aryl methyl sites for hydroxylation is 1. The summed E-state index contributed by atoms with van der Waals surface area (Å²) in [5, 5.41) is 2.75. The van der Waals surface area contributed by atoms with Gasteiger partial charge < -0.3 is 15.0 Å². The third-order valence-electron chi connectivity index (χ3n) is 4.52. The second kappa shape index (κ2) is 10.7. The average Bonchev–Trinajstić information content (AvgIpc) is 2.75. The number of ether oxygens (including phenoxy) is 1. The molecule has 29 heavy (non-hydrogen) atoms. The summed E-state index contributed by atoms with van der Waals surface area (Å²) in [4.78, 5) is 38.6. The van der Waals surface area contributed by atoms with E-state index in [0.29, 0.717) is 12.3 Å². The van der Waals surface area contributed by atoms with Gasteiger partial charge in [0.05, 0.1) is 17.9 Å². The lowest BCUT2D eigenvalue weighted by Crippen LogP contribution is -2.37. The largest absolute Gasteiger partial charge is 0.456 e. The maximum Gasteiger partial charge on any atom is 0.308 e. The maximum absolute atomic E-state index is 12.2. The topological polar surface area (TPSA) is 75.7 Å². The summed E-state index contributed by atoms with van der Waals surface area (Å²) in [5.74, 6) is -0.481. The molecular formula is C22H24N2O4S. The van der Waals surface area contributed by atoms with Crippen molar-refractivity contribution >= 4 is 35.2 Å². The number of amides is 2. The number of nitrogens with one attached hydrogen (secondary N) is 1. The summed E-state index contributed by atoms with van der Waals surface area (Å²) in [5.41, 5.74) is 2.04. The van der Waals surface area contributed by atoms with Crippen LogP contribution >= 0.6 is 11.8 Å². The van der Waals surface area contributed by atoms with Gasteiger partial charge in [-0.1, -0.05) is 42.5 Å². The van der Waals surface area contributed by atoms with Crippen LogP contribution < -0.4 is 10.2 Å². The molecule has 0 spiro atoms. The highest BCUT2D eigenvalue weighted by atomic mass is 32.2. The van der Waals surface area contributed by atoms with E-state index in [9.17, 15) is 14.4 Å². The number of carbonyl (C=O) groups is 3. The predicted molar refractivity (Wildman–Crippen MR) is 113 cm³/mol. The van der Waals surface area contributed by atoms with Crippen LogP contribution in [0.5, 0.6) is 0 Å². The fraction of sp³-hybridized carbons (Fsp3) is 0.318. The minimum absolute atomic E-state index is 0.0299. The van der Waals surface area contributed by atoms with Crippen molar-refractivity contribution in [1.82, 2.24) is 5.32 Å². The Morgan fingerprint density at radius 2 is 1.83 bits per heavy atom. The van der Waals surface area contributed by atoms with Gasteiger partial charge in [0.15, 0.2) is 6.61 Å². The number of hydrogen-bond donors (Lipinski definition) is 1. The highest BCUT2D eigenvalue weighted by Gasteiger charge is 2.24. The Morgan fingerprint density at radius 1 is 1.07 bits per heavy atom. The van der Waals surface area contributed by atoms with Crippen LogP contribution in [-0.2, 0) is 25.5 Å². The number of nitrogens with zero attached hydrogens (tertiary/aromatic N) is 1. The lowest BCUT2D eigenvalue weighted by atomic mass is 10.1. The number of thioether (sulfide) groups is 1. The Balaban J connectivity index is 1.33. The molecule has 0 atom stereocenters. The lowest BCUT2D eigenvalue weighted by molar-refractivity contribution is -0.148. The van der Waals surface area contributed by atoms with Gasteiger partial charge in [-0.3, -0.25) is 14.4 Å². The fourth-order valence-electron chi connectivity index (χ4n) is 3.04. The van der Waals surface area contributed by atoms with E-state index in [1.165, 1.54) is 17.3 Å². The Morgan fingerprint density at radius 3 is 2.66 bits per heavy atom. The van der Waals surface area contributed by atoms with Crippen molar-refractivity contribution in [2.45, 2.75) is 24.2 Å². The minimum atomic E-state index is -0.493. The van der Waals surface area contributed by atoms with Gasteiger partial charge in [-0.25, -0.2) is 0 Å². The fourth-order valence-corrected chi connectivity index (χ4v) is 3.97. The molecule has 1 N–H and O–H groups in total. The summed E-state index contributed by atoms with van der Waals surface area (Å²) >= 11 is 1.50. The molecule has 0 unspecified atom stereocenters. The predicted octanol–water partition coefficient (Wildman–Crippen LogP) is 2.81. The molecule has 6 nitrogen and oxygen atoms in total. The highest BCUT2D eigenvalue weighted by molar-refractivity contribution is 8.00. The molecule has 2 aromatic carbocycles. The molecule has 2 aromatic rings. The van der Waals surface area contributed by atoms with Gasteiger partial charge in [0.25, 0.3) is 5.91 Å². The number of benzene rings is 2. The van der Waals surface area contributed by atoms with Crippen LogP contribution in [0.2, 0.25) is 0 Å². The summed E-state index contributed by atoms with van der Waals surface area (Å²) in [7, 11) is 0. The molecule has 0 saturated carbocycles. The molecule has 0 fully saturated rings. The van der Waals surface area contributed by atoms with E-state index in [1.807, 2.05) is 54.6 Å². The van der Waals surface area contributed by atoms with E-state index >= 15 is 0 Å². The molecule has 3 rings (SSSR count). The van der Waals surface area contributed by atoms with Gasteiger partial charge >= 0.3 is 5.97 Å². The second-order valence-electron chi connectivity index (χ2n) is 6.65. The van der Waals surface area contributed by atoms with E-state index in [0.717, 1.165) is 23.4 Å². The van der Waals surface area contributed by atoms with E-state index in [-0.39, 0.29) is 31.4 Å².